The first kappa shape index (κ1) is 11.9. The van der Waals surface area contributed by atoms with Crippen LogP contribution in [0.2, 0.25) is 0 Å². The molecule has 80 valence electrons. The molecule has 1 aromatic carbocycles. The molecule has 1 aromatic rings. The maximum Gasteiger partial charge on any atom is 0.0242 e. The van der Waals surface area contributed by atoms with Gasteiger partial charge in [0.25, 0.3) is 0 Å². The minimum Gasteiger partial charge on any atom is -0.115 e. The van der Waals surface area contributed by atoms with Gasteiger partial charge < -0.3 is 0 Å². The SMILES string of the molecule is C#Cc1ccc(C(CCC)CCC)cc1. The zero-order chi connectivity index (χ0) is 11.1. The molecular weight excluding hydrogens is 180 g/mol. The van der Waals surface area contributed by atoms with E-state index in [9.17, 15) is 0 Å². The molecule has 0 radical (unpaired) electrons. The summed E-state index contributed by atoms with van der Waals surface area (Å²) >= 11 is 0. The fourth-order valence-corrected chi connectivity index (χ4v) is 2.03. The van der Waals surface area contributed by atoms with Gasteiger partial charge in [0.2, 0.25) is 0 Å². The smallest absolute Gasteiger partial charge is 0.0242 e. The summed E-state index contributed by atoms with van der Waals surface area (Å²) in [7, 11) is 0. The second-order valence-electron chi connectivity index (χ2n) is 4.04. The predicted octanol–water partition coefficient (Wildman–Crippen LogP) is 4.35. The van der Waals surface area contributed by atoms with Crippen molar-refractivity contribution in [1.82, 2.24) is 0 Å². The number of benzene rings is 1. The topological polar surface area (TPSA) is 0 Å². The standard InChI is InChI=1S/C15H20/c1-4-7-14(8-5-2)15-11-9-13(6-3)10-12-15/h3,9-12,14H,4-5,7-8H2,1-2H3. The predicted molar refractivity (Wildman–Crippen MR) is 66.9 cm³/mol. The van der Waals surface area contributed by atoms with Gasteiger partial charge in [0.05, 0.1) is 0 Å². The van der Waals surface area contributed by atoms with Crippen molar-refractivity contribution in [2.45, 2.75) is 45.4 Å². The molecule has 0 heteroatoms. The van der Waals surface area contributed by atoms with Crippen molar-refractivity contribution < 1.29 is 0 Å². The Morgan fingerprint density at radius 2 is 1.60 bits per heavy atom. The summed E-state index contributed by atoms with van der Waals surface area (Å²) in [5.74, 6) is 3.37. The molecule has 0 spiro atoms. The fourth-order valence-electron chi connectivity index (χ4n) is 2.03. The van der Waals surface area contributed by atoms with Crippen molar-refractivity contribution in [2.75, 3.05) is 0 Å². The summed E-state index contributed by atoms with van der Waals surface area (Å²) in [5.41, 5.74) is 2.42. The van der Waals surface area contributed by atoms with E-state index in [0.717, 1.165) is 5.56 Å². The second kappa shape index (κ2) is 6.30. The average Bonchev–Trinajstić information content (AvgIpc) is 2.29. The van der Waals surface area contributed by atoms with Crippen LogP contribution in [-0.4, -0.2) is 0 Å². The van der Waals surface area contributed by atoms with Crippen molar-refractivity contribution in [3.05, 3.63) is 35.4 Å². The lowest BCUT2D eigenvalue weighted by atomic mass is 9.90. The van der Waals surface area contributed by atoms with Crippen LogP contribution in [0.3, 0.4) is 0 Å². The fraction of sp³-hybridized carbons (Fsp3) is 0.467. The Balaban J connectivity index is 2.77. The van der Waals surface area contributed by atoms with Gasteiger partial charge in [-0.15, -0.1) is 6.42 Å². The lowest BCUT2D eigenvalue weighted by Crippen LogP contribution is -1.98. The van der Waals surface area contributed by atoms with Crippen LogP contribution >= 0.6 is 0 Å². The molecule has 0 N–H and O–H groups in total. The van der Waals surface area contributed by atoms with E-state index in [1.54, 1.807) is 0 Å². The largest absolute Gasteiger partial charge is 0.115 e. The van der Waals surface area contributed by atoms with Crippen molar-refractivity contribution in [3.63, 3.8) is 0 Å². The summed E-state index contributed by atoms with van der Waals surface area (Å²) in [5, 5.41) is 0. The van der Waals surface area contributed by atoms with E-state index >= 15 is 0 Å². The monoisotopic (exact) mass is 200 g/mol. The Labute approximate surface area is 93.7 Å². The van der Waals surface area contributed by atoms with Crippen LogP contribution < -0.4 is 0 Å². The molecule has 0 fully saturated rings. The Hall–Kier alpha value is -1.22. The van der Waals surface area contributed by atoms with Crippen molar-refractivity contribution in [2.24, 2.45) is 0 Å². The third-order valence-electron chi connectivity index (χ3n) is 2.82. The zero-order valence-electron chi connectivity index (χ0n) is 9.79. The summed E-state index contributed by atoms with van der Waals surface area (Å²) < 4.78 is 0. The van der Waals surface area contributed by atoms with Crippen molar-refractivity contribution in [1.29, 1.82) is 0 Å². The second-order valence-corrected chi connectivity index (χ2v) is 4.04. The van der Waals surface area contributed by atoms with Gasteiger partial charge in [-0.1, -0.05) is 44.7 Å². The first-order valence-electron chi connectivity index (χ1n) is 5.88. The Bertz CT molecular complexity index is 307. The third-order valence-corrected chi connectivity index (χ3v) is 2.82. The molecule has 0 saturated heterocycles. The molecule has 0 heterocycles. The molecule has 0 unspecified atom stereocenters. The number of terminal acetylenes is 1. The number of rotatable bonds is 5. The van der Waals surface area contributed by atoms with E-state index in [2.05, 4.69) is 31.9 Å². The van der Waals surface area contributed by atoms with Gasteiger partial charge in [-0.3, -0.25) is 0 Å². The molecule has 0 aliphatic carbocycles. The van der Waals surface area contributed by atoms with Crippen LogP contribution in [0.4, 0.5) is 0 Å². The van der Waals surface area contributed by atoms with Gasteiger partial charge in [-0.2, -0.15) is 0 Å². The summed E-state index contributed by atoms with van der Waals surface area (Å²) in [4.78, 5) is 0. The molecule has 15 heavy (non-hydrogen) atoms. The van der Waals surface area contributed by atoms with Gasteiger partial charge in [0, 0.05) is 5.56 Å². The van der Waals surface area contributed by atoms with Crippen LogP contribution in [0.1, 0.15) is 56.6 Å². The molecule has 1 rings (SSSR count). The van der Waals surface area contributed by atoms with Gasteiger partial charge in [-0.25, -0.2) is 0 Å². The normalized spacial score (nSPS) is 10.3. The van der Waals surface area contributed by atoms with E-state index in [1.807, 2.05) is 12.1 Å². The molecule has 0 atom stereocenters. The minimum absolute atomic E-state index is 0.715. The Kier molecular flexibility index (Phi) is 4.98. The Morgan fingerprint density at radius 3 is 2.00 bits per heavy atom. The lowest BCUT2D eigenvalue weighted by molar-refractivity contribution is 0.561. The molecule has 0 bridgehead atoms. The van der Waals surface area contributed by atoms with Gasteiger partial charge in [0.15, 0.2) is 0 Å². The lowest BCUT2D eigenvalue weighted by Gasteiger charge is -2.15. The van der Waals surface area contributed by atoms with Gasteiger partial charge in [0.1, 0.15) is 0 Å². The molecule has 0 aromatic heterocycles. The van der Waals surface area contributed by atoms with E-state index in [-0.39, 0.29) is 0 Å². The van der Waals surface area contributed by atoms with Crippen LogP contribution in [0, 0.1) is 12.3 Å². The highest BCUT2D eigenvalue weighted by Gasteiger charge is 2.08. The Morgan fingerprint density at radius 1 is 1.07 bits per heavy atom. The summed E-state index contributed by atoms with van der Waals surface area (Å²) in [6.45, 7) is 4.50. The highest BCUT2D eigenvalue weighted by atomic mass is 14.1. The highest BCUT2D eigenvalue weighted by Crippen LogP contribution is 2.26. The zero-order valence-corrected chi connectivity index (χ0v) is 9.79. The highest BCUT2D eigenvalue weighted by molar-refractivity contribution is 5.35. The van der Waals surface area contributed by atoms with Crippen LogP contribution in [0.15, 0.2) is 24.3 Å². The van der Waals surface area contributed by atoms with Crippen molar-refractivity contribution >= 4 is 0 Å². The minimum atomic E-state index is 0.715. The van der Waals surface area contributed by atoms with Gasteiger partial charge >= 0.3 is 0 Å². The van der Waals surface area contributed by atoms with Crippen LogP contribution in [-0.2, 0) is 0 Å². The van der Waals surface area contributed by atoms with Crippen molar-refractivity contribution in [3.8, 4) is 12.3 Å². The maximum absolute atomic E-state index is 5.34. The number of hydrogen-bond acceptors (Lipinski definition) is 0. The molecule has 0 aliphatic heterocycles. The van der Waals surface area contributed by atoms with E-state index < -0.39 is 0 Å². The first-order chi connectivity index (χ1) is 7.31. The van der Waals surface area contributed by atoms with Gasteiger partial charge in [-0.05, 0) is 36.5 Å². The third kappa shape index (κ3) is 3.44. The molecule has 0 nitrogen and oxygen atoms in total. The first-order valence-corrected chi connectivity index (χ1v) is 5.88. The van der Waals surface area contributed by atoms with Crippen LogP contribution in [0.5, 0.6) is 0 Å². The molecule has 0 aliphatic rings. The van der Waals surface area contributed by atoms with Crippen LogP contribution in [0.25, 0.3) is 0 Å². The van der Waals surface area contributed by atoms with E-state index in [1.165, 1.54) is 31.2 Å². The van der Waals surface area contributed by atoms with E-state index in [0.29, 0.717) is 5.92 Å². The molecular formula is C15H20. The molecule has 0 amide bonds. The number of hydrogen-bond donors (Lipinski definition) is 0. The average molecular weight is 200 g/mol. The molecule has 0 saturated carbocycles. The summed E-state index contributed by atoms with van der Waals surface area (Å²) in [6.07, 6.45) is 10.4. The quantitative estimate of drug-likeness (QED) is 0.620. The summed E-state index contributed by atoms with van der Waals surface area (Å²) in [6, 6.07) is 8.47. The maximum atomic E-state index is 5.34. The van der Waals surface area contributed by atoms with E-state index in [4.69, 9.17) is 6.42 Å².